The Morgan fingerprint density at radius 2 is 2.17 bits per heavy atom. The standard InChI is InChI=1S/C13H17NO4/c1-2-3-7-18-13(17)14-11-6-4-5-10(8-11)9-12(15)16/h4-6,8H,2-3,7,9H2,1H3,(H,14,17)(H,15,16). The molecule has 5 nitrogen and oxygen atoms in total. The summed E-state index contributed by atoms with van der Waals surface area (Å²) in [6.07, 6.45) is 1.20. The molecule has 0 aliphatic carbocycles. The smallest absolute Gasteiger partial charge is 0.411 e. The number of aliphatic carboxylic acids is 1. The molecule has 5 heteroatoms. The minimum atomic E-state index is -0.905. The normalized spacial score (nSPS) is 9.83. The van der Waals surface area contributed by atoms with Gasteiger partial charge in [0.1, 0.15) is 0 Å². The van der Waals surface area contributed by atoms with Crippen molar-refractivity contribution in [3.05, 3.63) is 29.8 Å². The lowest BCUT2D eigenvalue weighted by atomic mass is 10.1. The third-order valence-electron chi connectivity index (χ3n) is 2.26. The first-order valence-electron chi connectivity index (χ1n) is 5.86. The van der Waals surface area contributed by atoms with Crippen molar-refractivity contribution in [2.24, 2.45) is 0 Å². The predicted octanol–water partition coefficient (Wildman–Crippen LogP) is 2.66. The van der Waals surface area contributed by atoms with Crippen molar-refractivity contribution in [2.75, 3.05) is 11.9 Å². The first-order chi connectivity index (χ1) is 8.61. The van der Waals surface area contributed by atoms with Gasteiger partial charge in [0.2, 0.25) is 0 Å². The van der Waals surface area contributed by atoms with Crippen molar-refractivity contribution in [3.63, 3.8) is 0 Å². The van der Waals surface area contributed by atoms with Gasteiger partial charge in [-0.2, -0.15) is 0 Å². The van der Waals surface area contributed by atoms with E-state index >= 15 is 0 Å². The van der Waals surface area contributed by atoms with Gasteiger partial charge in [-0.3, -0.25) is 10.1 Å². The molecule has 0 radical (unpaired) electrons. The molecule has 18 heavy (non-hydrogen) atoms. The SMILES string of the molecule is CCCCOC(=O)Nc1cccc(CC(=O)O)c1. The molecule has 0 aliphatic heterocycles. The maximum absolute atomic E-state index is 11.4. The van der Waals surface area contributed by atoms with Crippen LogP contribution in [0.1, 0.15) is 25.3 Å². The lowest BCUT2D eigenvalue weighted by Gasteiger charge is -2.07. The molecular weight excluding hydrogens is 234 g/mol. The first-order valence-corrected chi connectivity index (χ1v) is 5.86. The van der Waals surface area contributed by atoms with Gasteiger partial charge in [-0.15, -0.1) is 0 Å². The molecule has 98 valence electrons. The van der Waals surface area contributed by atoms with Crippen molar-refractivity contribution in [1.82, 2.24) is 0 Å². The molecule has 0 saturated carbocycles. The average molecular weight is 251 g/mol. The van der Waals surface area contributed by atoms with E-state index in [9.17, 15) is 9.59 Å². The molecule has 0 atom stereocenters. The van der Waals surface area contributed by atoms with E-state index in [1.807, 2.05) is 6.92 Å². The lowest BCUT2D eigenvalue weighted by molar-refractivity contribution is -0.136. The molecular formula is C13H17NO4. The minimum Gasteiger partial charge on any atom is -0.481 e. The van der Waals surface area contributed by atoms with Gasteiger partial charge in [-0.05, 0) is 24.1 Å². The van der Waals surface area contributed by atoms with Crippen LogP contribution >= 0.6 is 0 Å². The summed E-state index contributed by atoms with van der Waals surface area (Å²) in [7, 11) is 0. The largest absolute Gasteiger partial charge is 0.481 e. The Bertz CT molecular complexity index is 417. The molecule has 2 N–H and O–H groups in total. The molecule has 0 aromatic heterocycles. The van der Waals surface area contributed by atoms with Crippen molar-refractivity contribution in [2.45, 2.75) is 26.2 Å². The predicted molar refractivity (Wildman–Crippen MR) is 67.7 cm³/mol. The fourth-order valence-electron chi connectivity index (χ4n) is 1.40. The van der Waals surface area contributed by atoms with Crippen LogP contribution in [0.3, 0.4) is 0 Å². The molecule has 0 bridgehead atoms. The molecule has 1 aromatic rings. The van der Waals surface area contributed by atoms with Crippen LogP contribution in [-0.4, -0.2) is 23.8 Å². The minimum absolute atomic E-state index is 0.0690. The second kappa shape index (κ2) is 7.32. The second-order valence-electron chi connectivity index (χ2n) is 3.89. The maximum Gasteiger partial charge on any atom is 0.411 e. The number of ether oxygens (including phenoxy) is 1. The van der Waals surface area contributed by atoms with Gasteiger partial charge in [0.25, 0.3) is 0 Å². The number of benzene rings is 1. The molecule has 0 spiro atoms. The molecule has 1 amide bonds. The Morgan fingerprint density at radius 1 is 1.39 bits per heavy atom. The number of unbranched alkanes of at least 4 members (excludes halogenated alkanes) is 1. The highest BCUT2D eigenvalue weighted by molar-refractivity contribution is 5.84. The first kappa shape index (κ1) is 14.0. The Kier molecular flexibility index (Phi) is 5.70. The van der Waals surface area contributed by atoms with E-state index in [0.29, 0.717) is 17.9 Å². The van der Waals surface area contributed by atoms with E-state index in [4.69, 9.17) is 9.84 Å². The molecule has 0 unspecified atom stereocenters. The summed E-state index contributed by atoms with van der Waals surface area (Å²) in [5, 5.41) is 11.2. The molecule has 0 aliphatic rings. The van der Waals surface area contributed by atoms with Crippen LogP contribution in [0.15, 0.2) is 24.3 Å². The summed E-state index contributed by atoms with van der Waals surface area (Å²) in [5.41, 5.74) is 1.17. The Labute approximate surface area is 106 Å². The average Bonchev–Trinajstić information content (AvgIpc) is 2.28. The number of rotatable bonds is 6. The molecule has 0 fully saturated rings. The quantitative estimate of drug-likeness (QED) is 0.762. The van der Waals surface area contributed by atoms with E-state index in [-0.39, 0.29) is 6.42 Å². The number of carbonyl (C=O) groups is 2. The summed E-state index contributed by atoms with van der Waals surface area (Å²) in [6, 6.07) is 6.70. The number of carbonyl (C=O) groups excluding carboxylic acids is 1. The third-order valence-corrected chi connectivity index (χ3v) is 2.26. The Hall–Kier alpha value is -2.04. The highest BCUT2D eigenvalue weighted by Gasteiger charge is 2.05. The molecule has 0 heterocycles. The number of hydrogen-bond donors (Lipinski definition) is 2. The zero-order valence-electron chi connectivity index (χ0n) is 10.3. The Morgan fingerprint density at radius 3 is 2.83 bits per heavy atom. The van der Waals surface area contributed by atoms with Gasteiger partial charge in [-0.25, -0.2) is 4.79 Å². The van der Waals surface area contributed by atoms with Gasteiger partial charge in [0.15, 0.2) is 0 Å². The van der Waals surface area contributed by atoms with Gasteiger partial charge >= 0.3 is 12.1 Å². The van der Waals surface area contributed by atoms with Crippen LogP contribution in [0.5, 0.6) is 0 Å². The van der Waals surface area contributed by atoms with Crippen LogP contribution < -0.4 is 5.32 Å². The van der Waals surface area contributed by atoms with Gasteiger partial charge in [0, 0.05) is 5.69 Å². The lowest BCUT2D eigenvalue weighted by Crippen LogP contribution is -2.14. The zero-order valence-corrected chi connectivity index (χ0v) is 10.3. The highest BCUT2D eigenvalue weighted by atomic mass is 16.5. The van der Waals surface area contributed by atoms with Gasteiger partial charge in [-0.1, -0.05) is 25.5 Å². The van der Waals surface area contributed by atoms with Gasteiger partial charge in [0.05, 0.1) is 13.0 Å². The summed E-state index contributed by atoms with van der Waals surface area (Å²) in [6.45, 7) is 2.40. The van der Waals surface area contributed by atoms with E-state index < -0.39 is 12.1 Å². The summed E-state index contributed by atoms with van der Waals surface area (Å²) in [4.78, 5) is 21.9. The number of carboxylic acids is 1. The van der Waals surface area contributed by atoms with E-state index in [2.05, 4.69) is 5.32 Å². The van der Waals surface area contributed by atoms with Crippen molar-refractivity contribution >= 4 is 17.7 Å². The second-order valence-corrected chi connectivity index (χ2v) is 3.89. The highest BCUT2D eigenvalue weighted by Crippen LogP contribution is 2.11. The molecule has 1 aromatic carbocycles. The van der Waals surface area contributed by atoms with Crippen molar-refractivity contribution in [3.8, 4) is 0 Å². The topological polar surface area (TPSA) is 75.6 Å². The number of nitrogens with one attached hydrogen (secondary N) is 1. The van der Waals surface area contributed by atoms with Crippen LogP contribution in [0, 0.1) is 0 Å². The Balaban J connectivity index is 2.51. The maximum atomic E-state index is 11.4. The number of carboxylic acid groups (broad SMARTS) is 1. The number of anilines is 1. The molecule has 0 saturated heterocycles. The van der Waals surface area contributed by atoms with Crippen LogP contribution in [0.2, 0.25) is 0 Å². The van der Waals surface area contributed by atoms with Crippen LogP contribution in [0.25, 0.3) is 0 Å². The zero-order chi connectivity index (χ0) is 13.4. The third kappa shape index (κ3) is 5.34. The van der Waals surface area contributed by atoms with E-state index in [1.54, 1.807) is 24.3 Å². The van der Waals surface area contributed by atoms with Gasteiger partial charge < -0.3 is 9.84 Å². The van der Waals surface area contributed by atoms with Crippen molar-refractivity contribution < 1.29 is 19.4 Å². The monoisotopic (exact) mass is 251 g/mol. The fraction of sp³-hybridized carbons (Fsp3) is 0.385. The van der Waals surface area contributed by atoms with Crippen LogP contribution in [-0.2, 0) is 16.0 Å². The summed E-state index contributed by atoms with van der Waals surface area (Å²) in [5.74, 6) is -0.905. The number of hydrogen-bond acceptors (Lipinski definition) is 3. The van der Waals surface area contributed by atoms with E-state index in [0.717, 1.165) is 12.8 Å². The summed E-state index contributed by atoms with van der Waals surface area (Å²) < 4.78 is 4.94. The summed E-state index contributed by atoms with van der Waals surface area (Å²) >= 11 is 0. The fourth-order valence-corrected chi connectivity index (χ4v) is 1.40. The molecule has 1 rings (SSSR count). The van der Waals surface area contributed by atoms with E-state index in [1.165, 1.54) is 0 Å². The van der Waals surface area contributed by atoms with Crippen LogP contribution in [0.4, 0.5) is 10.5 Å². The van der Waals surface area contributed by atoms with Crippen molar-refractivity contribution in [1.29, 1.82) is 0 Å². The number of amides is 1.